The van der Waals surface area contributed by atoms with E-state index >= 15 is 0 Å². The van der Waals surface area contributed by atoms with E-state index in [0.29, 0.717) is 12.0 Å². The maximum absolute atomic E-state index is 6.39. The molecule has 1 aromatic carbocycles. The lowest BCUT2D eigenvalue weighted by Gasteiger charge is -2.41. The van der Waals surface area contributed by atoms with Gasteiger partial charge in [0.25, 0.3) is 0 Å². The van der Waals surface area contributed by atoms with Crippen molar-refractivity contribution >= 4 is 0 Å². The number of hydrogen-bond acceptors (Lipinski definition) is 2. The van der Waals surface area contributed by atoms with Crippen molar-refractivity contribution in [3.8, 4) is 0 Å². The summed E-state index contributed by atoms with van der Waals surface area (Å²) in [5.74, 6) is 0.697. The second kappa shape index (κ2) is 5.85. The van der Waals surface area contributed by atoms with E-state index in [2.05, 4.69) is 49.9 Å². The summed E-state index contributed by atoms with van der Waals surface area (Å²) in [7, 11) is 0. The first-order valence-electron chi connectivity index (χ1n) is 7.14. The Morgan fingerprint density at radius 2 is 2.17 bits per heavy atom. The van der Waals surface area contributed by atoms with Crippen molar-refractivity contribution in [1.82, 2.24) is 4.90 Å². The van der Waals surface area contributed by atoms with Gasteiger partial charge in [-0.25, -0.2) is 0 Å². The third kappa shape index (κ3) is 3.12. The van der Waals surface area contributed by atoms with Gasteiger partial charge in [0, 0.05) is 18.6 Å². The average molecular weight is 246 g/mol. The van der Waals surface area contributed by atoms with Crippen LogP contribution in [0.25, 0.3) is 0 Å². The third-order valence-electron chi connectivity index (χ3n) is 3.77. The first-order valence-corrected chi connectivity index (χ1v) is 7.14. The molecule has 0 bridgehead atoms. The predicted molar refractivity (Wildman–Crippen MR) is 77.5 cm³/mol. The summed E-state index contributed by atoms with van der Waals surface area (Å²) >= 11 is 0. The molecule has 2 heteroatoms. The van der Waals surface area contributed by atoms with Crippen LogP contribution in [-0.4, -0.2) is 24.0 Å². The number of nitrogens with two attached hydrogens (primary N) is 1. The van der Waals surface area contributed by atoms with E-state index in [1.807, 2.05) is 0 Å². The predicted octanol–water partition coefficient (Wildman–Crippen LogP) is 3.12. The Balaban J connectivity index is 2.24. The molecule has 18 heavy (non-hydrogen) atoms. The van der Waals surface area contributed by atoms with Crippen molar-refractivity contribution in [2.45, 2.75) is 45.7 Å². The van der Waals surface area contributed by atoms with Crippen LogP contribution in [0.4, 0.5) is 0 Å². The lowest BCUT2D eigenvalue weighted by atomic mass is 9.89. The number of nitrogens with zero attached hydrogens (tertiary/aromatic N) is 1. The van der Waals surface area contributed by atoms with Gasteiger partial charge in [-0.1, -0.05) is 43.7 Å². The smallest absolute Gasteiger partial charge is 0.0499 e. The molecular weight excluding hydrogens is 220 g/mol. The zero-order valence-corrected chi connectivity index (χ0v) is 11.9. The van der Waals surface area contributed by atoms with Crippen LogP contribution >= 0.6 is 0 Å². The first kappa shape index (κ1) is 13.6. The van der Waals surface area contributed by atoms with Crippen LogP contribution in [-0.2, 0) is 0 Å². The number of hydrogen-bond donors (Lipinski definition) is 1. The molecule has 2 nitrogen and oxygen atoms in total. The average Bonchev–Trinajstić information content (AvgIpc) is 2.28. The van der Waals surface area contributed by atoms with Crippen molar-refractivity contribution in [3.05, 3.63) is 35.4 Å². The Morgan fingerprint density at radius 3 is 2.83 bits per heavy atom. The molecule has 2 N–H and O–H groups in total. The molecule has 0 aliphatic carbocycles. The van der Waals surface area contributed by atoms with Gasteiger partial charge in [0.05, 0.1) is 0 Å². The van der Waals surface area contributed by atoms with Gasteiger partial charge < -0.3 is 5.73 Å². The summed E-state index contributed by atoms with van der Waals surface area (Å²) < 4.78 is 0. The van der Waals surface area contributed by atoms with Crippen LogP contribution in [0.2, 0.25) is 0 Å². The van der Waals surface area contributed by atoms with E-state index in [0.717, 1.165) is 13.0 Å². The molecule has 1 aromatic rings. The largest absolute Gasteiger partial charge is 0.326 e. The minimum atomic E-state index is 0.277. The van der Waals surface area contributed by atoms with Gasteiger partial charge in [-0.15, -0.1) is 0 Å². The number of likely N-dealkylation sites (tertiary alicyclic amines) is 1. The number of aryl methyl sites for hydroxylation is 1. The first-order chi connectivity index (χ1) is 8.58. The zero-order chi connectivity index (χ0) is 13.1. The highest BCUT2D eigenvalue weighted by Gasteiger charge is 2.30. The molecule has 0 aromatic heterocycles. The highest BCUT2D eigenvalue weighted by atomic mass is 15.2. The molecule has 2 rings (SSSR count). The molecular formula is C16H26N2. The van der Waals surface area contributed by atoms with Crippen LogP contribution in [0.3, 0.4) is 0 Å². The normalized spacial score (nSPS) is 25.6. The van der Waals surface area contributed by atoms with Crippen molar-refractivity contribution in [3.63, 3.8) is 0 Å². The minimum Gasteiger partial charge on any atom is -0.326 e. The molecule has 1 heterocycles. The van der Waals surface area contributed by atoms with Crippen LogP contribution in [0, 0.1) is 12.8 Å². The van der Waals surface area contributed by atoms with Gasteiger partial charge in [0.15, 0.2) is 0 Å². The van der Waals surface area contributed by atoms with Gasteiger partial charge in [-0.2, -0.15) is 0 Å². The molecule has 1 fully saturated rings. The molecule has 1 saturated heterocycles. The molecule has 2 unspecified atom stereocenters. The van der Waals surface area contributed by atoms with E-state index in [4.69, 9.17) is 5.73 Å². The summed E-state index contributed by atoms with van der Waals surface area (Å²) in [5.41, 5.74) is 9.11. The van der Waals surface area contributed by atoms with Crippen LogP contribution < -0.4 is 5.73 Å². The lowest BCUT2D eigenvalue weighted by Crippen LogP contribution is -2.47. The van der Waals surface area contributed by atoms with Gasteiger partial charge in [-0.05, 0) is 37.8 Å². The van der Waals surface area contributed by atoms with E-state index in [9.17, 15) is 0 Å². The Bertz CT molecular complexity index is 386. The second-order valence-corrected chi connectivity index (χ2v) is 6.05. The van der Waals surface area contributed by atoms with E-state index in [1.165, 1.54) is 24.1 Å². The lowest BCUT2D eigenvalue weighted by molar-refractivity contribution is 0.114. The van der Waals surface area contributed by atoms with Gasteiger partial charge in [-0.3, -0.25) is 4.90 Å². The Labute approximate surface area is 111 Å². The highest BCUT2D eigenvalue weighted by Crippen LogP contribution is 2.31. The van der Waals surface area contributed by atoms with Crippen LogP contribution in [0.1, 0.15) is 43.9 Å². The molecule has 1 aliphatic rings. The molecule has 0 saturated carbocycles. The molecule has 2 atom stereocenters. The fraction of sp³-hybridized carbons (Fsp3) is 0.625. The van der Waals surface area contributed by atoms with Gasteiger partial charge in [0.1, 0.15) is 0 Å². The third-order valence-corrected chi connectivity index (χ3v) is 3.77. The van der Waals surface area contributed by atoms with E-state index < -0.39 is 0 Å². The van der Waals surface area contributed by atoms with Gasteiger partial charge >= 0.3 is 0 Å². The maximum atomic E-state index is 6.39. The van der Waals surface area contributed by atoms with E-state index in [1.54, 1.807) is 0 Å². The molecule has 0 spiro atoms. The quantitative estimate of drug-likeness (QED) is 0.888. The number of piperidine rings is 1. The second-order valence-electron chi connectivity index (χ2n) is 6.05. The summed E-state index contributed by atoms with van der Waals surface area (Å²) in [6, 6.07) is 9.52. The SMILES string of the molecule is Cc1cccc(C2C(N)CCCN2CC(C)C)c1. The van der Waals surface area contributed by atoms with Gasteiger partial charge in [0.2, 0.25) is 0 Å². The molecule has 100 valence electrons. The fourth-order valence-electron chi connectivity index (χ4n) is 3.08. The van der Waals surface area contributed by atoms with Crippen molar-refractivity contribution in [1.29, 1.82) is 0 Å². The Morgan fingerprint density at radius 1 is 1.39 bits per heavy atom. The zero-order valence-electron chi connectivity index (χ0n) is 11.9. The van der Waals surface area contributed by atoms with Crippen LogP contribution in [0.5, 0.6) is 0 Å². The summed E-state index contributed by atoms with van der Waals surface area (Å²) in [5, 5.41) is 0. The molecule has 1 aliphatic heterocycles. The van der Waals surface area contributed by atoms with Crippen molar-refractivity contribution < 1.29 is 0 Å². The maximum Gasteiger partial charge on any atom is 0.0499 e. The Kier molecular flexibility index (Phi) is 4.41. The van der Waals surface area contributed by atoms with Crippen LogP contribution in [0.15, 0.2) is 24.3 Å². The Hall–Kier alpha value is -0.860. The monoisotopic (exact) mass is 246 g/mol. The number of rotatable bonds is 3. The highest BCUT2D eigenvalue weighted by molar-refractivity contribution is 5.26. The van der Waals surface area contributed by atoms with E-state index in [-0.39, 0.29) is 6.04 Å². The fourth-order valence-corrected chi connectivity index (χ4v) is 3.08. The standard InChI is InChI=1S/C16H26N2/c1-12(2)11-18-9-5-8-15(17)16(18)14-7-4-6-13(3)10-14/h4,6-7,10,12,15-16H,5,8-9,11,17H2,1-3H3. The summed E-state index contributed by atoms with van der Waals surface area (Å²) in [6.45, 7) is 9.06. The summed E-state index contributed by atoms with van der Waals surface area (Å²) in [6.07, 6.45) is 2.38. The van der Waals surface area contributed by atoms with Crippen molar-refractivity contribution in [2.75, 3.05) is 13.1 Å². The minimum absolute atomic E-state index is 0.277. The summed E-state index contributed by atoms with van der Waals surface area (Å²) in [4.78, 5) is 2.58. The topological polar surface area (TPSA) is 29.3 Å². The molecule has 0 amide bonds. The number of benzene rings is 1. The van der Waals surface area contributed by atoms with Crippen molar-refractivity contribution in [2.24, 2.45) is 11.7 Å². The molecule has 0 radical (unpaired) electrons.